The number of nitrogens with one attached hydrogen (secondary N) is 1. The van der Waals surface area contributed by atoms with Crippen LogP contribution in [0.3, 0.4) is 0 Å². The smallest absolute Gasteiger partial charge is 0.237 e. The first-order valence-electron chi connectivity index (χ1n) is 11.6. The molecule has 2 aromatic carbocycles. The molecule has 180 valence electrons. The molecule has 1 aliphatic heterocycles. The van der Waals surface area contributed by atoms with Gasteiger partial charge in [0.25, 0.3) is 0 Å². The minimum atomic E-state index is -0.300. The van der Waals surface area contributed by atoms with E-state index in [0.717, 1.165) is 34.1 Å². The number of likely N-dealkylation sites (tertiary alicyclic amines) is 1. The van der Waals surface area contributed by atoms with E-state index in [0.29, 0.717) is 19.5 Å². The Hall–Kier alpha value is -3.36. The molecule has 6 nitrogen and oxygen atoms in total. The van der Waals surface area contributed by atoms with Gasteiger partial charge in [0.05, 0.1) is 25.4 Å². The summed E-state index contributed by atoms with van der Waals surface area (Å²) in [4.78, 5) is 21.1. The maximum atomic E-state index is 13.8. The molecular formula is C27H27FN4O2S. The maximum Gasteiger partial charge on any atom is 0.237 e. The van der Waals surface area contributed by atoms with Crippen LogP contribution in [0.1, 0.15) is 17.7 Å². The van der Waals surface area contributed by atoms with Gasteiger partial charge in [-0.25, -0.2) is 9.37 Å². The van der Waals surface area contributed by atoms with Gasteiger partial charge in [-0.1, -0.05) is 18.2 Å². The summed E-state index contributed by atoms with van der Waals surface area (Å²) >= 11 is 1.76. The highest BCUT2D eigenvalue weighted by atomic mass is 32.2. The lowest BCUT2D eigenvalue weighted by Crippen LogP contribution is -2.42. The lowest BCUT2D eigenvalue weighted by atomic mass is 10.1. The van der Waals surface area contributed by atoms with E-state index in [1.54, 1.807) is 24.9 Å². The summed E-state index contributed by atoms with van der Waals surface area (Å²) in [5.74, 6) is 0.521. The Labute approximate surface area is 208 Å². The lowest BCUT2D eigenvalue weighted by Gasteiger charge is -2.23. The van der Waals surface area contributed by atoms with E-state index in [2.05, 4.69) is 15.2 Å². The standard InChI is InChI=1S/C27H27FN4O2S/c1-34-22-8-10-23(11-9-22)35-24-14-25(32(18-24)16-19-5-4-6-20(28)13-19)27(33)29-15-21-17-31-12-3-2-7-26(31)30-21/h2-13,17,24-25H,14-16,18H2,1H3,(H,29,33)/t24-,25+/m1/s1. The maximum absolute atomic E-state index is 13.8. The van der Waals surface area contributed by atoms with Gasteiger partial charge in [-0.05, 0) is 60.5 Å². The molecule has 0 spiro atoms. The van der Waals surface area contributed by atoms with Crippen molar-refractivity contribution in [3.8, 4) is 5.75 Å². The van der Waals surface area contributed by atoms with Crippen LogP contribution in [0.25, 0.3) is 5.65 Å². The minimum absolute atomic E-state index is 0.0312. The number of pyridine rings is 1. The summed E-state index contributed by atoms with van der Waals surface area (Å²) < 4.78 is 21.0. The molecule has 1 saturated heterocycles. The molecule has 2 atom stereocenters. The molecular weight excluding hydrogens is 463 g/mol. The quantitative estimate of drug-likeness (QED) is 0.393. The summed E-state index contributed by atoms with van der Waals surface area (Å²) in [5, 5.41) is 3.31. The first-order chi connectivity index (χ1) is 17.1. The number of methoxy groups -OCH3 is 1. The van der Waals surface area contributed by atoms with Crippen molar-refractivity contribution >= 4 is 23.3 Å². The highest BCUT2D eigenvalue weighted by Crippen LogP contribution is 2.34. The zero-order chi connectivity index (χ0) is 24.2. The number of nitrogens with zero attached hydrogens (tertiary/aromatic N) is 3. The van der Waals surface area contributed by atoms with Crippen molar-refractivity contribution in [2.45, 2.75) is 35.7 Å². The summed E-state index contributed by atoms with van der Waals surface area (Å²) in [6.07, 6.45) is 4.58. The van der Waals surface area contributed by atoms with Crippen molar-refractivity contribution in [2.75, 3.05) is 13.7 Å². The van der Waals surface area contributed by atoms with Crippen LogP contribution in [-0.2, 0) is 17.9 Å². The molecule has 0 bridgehead atoms. The number of carbonyl (C=O) groups is 1. The normalized spacial score (nSPS) is 18.1. The van der Waals surface area contributed by atoms with Crippen molar-refractivity contribution in [1.82, 2.24) is 19.6 Å². The van der Waals surface area contributed by atoms with Gasteiger partial charge < -0.3 is 14.5 Å². The molecule has 3 heterocycles. The molecule has 0 unspecified atom stereocenters. The third-order valence-corrected chi connectivity index (χ3v) is 7.38. The lowest BCUT2D eigenvalue weighted by molar-refractivity contribution is -0.125. The number of amides is 1. The highest BCUT2D eigenvalue weighted by molar-refractivity contribution is 8.00. The number of fused-ring (bicyclic) bond motifs is 1. The molecule has 8 heteroatoms. The first kappa shape index (κ1) is 23.4. The molecule has 0 radical (unpaired) electrons. The molecule has 2 aromatic heterocycles. The number of aromatic nitrogens is 2. The summed E-state index contributed by atoms with van der Waals surface area (Å²) in [7, 11) is 1.65. The van der Waals surface area contributed by atoms with Gasteiger partial charge in [-0.3, -0.25) is 9.69 Å². The Bertz CT molecular complexity index is 1280. The third-order valence-electron chi connectivity index (χ3n) is 6.16. The van der Waals surface area contributed by atoms with E-state index in [1.807, 2.05) is 65.3 Å². The Balaban J connectivity index is 1.28. The fraction of sp³-hybridized carbons (Fsp3) is 0.259. The van der Waals surface area contributed by atoms with Crippen LogP contribution in [-0.4, -0.2) is 45.1 Å². The molecule has 0 saturated carbocycles. The van der Waals surface area contributed by atoms with Gasteiger partial charge in [-0.2, -0.15) is 0 Å². The van der Waals surface area contributed by atoms with E-state index in [1.165, 1.54) is 12.1 Å². The van der Waals surface area contributed by atoms with Gasteiger partial charge in [-0.15, -0.1) is 11.8 Å². The van der Waals surface area contributed by atoms with Gasteiger partial charge in [0.15, 0.2) is 0 Å². The monoisotopic (exact) mass is 490 g/mol. The minimum Gasteiger partial charge on any atom is -0.497 e. The molecule has 0 aliphatic carbocycles. The topological polar surface area (TPSA) is 58.9 Å². The van der Waals surface area contributed by atoms with Crippen molar-refractivity contribution in [3.63, 3.8) is 0 Å². The van der Waals surface area contributed by atoms with E-state index in [9.17, 15) is 9.18 Å². The number of carbonyl (C=O) groups excluding carboxylic acids is 1. The molecule has 1 N–H and O–H groups in total. The molecule has 1 aliphatic rings. The predicted octanol–water partition coefficient (Wildman–Crippen LogP) is 4.53. The fourth-order valence-electron chi connectivity index (χ4n) is 4.48. The number of hydrogen-bond donors (Lipinski definition) is 1. The number of hydrogen-bond acceptors (Lipinski definition) is 5. The van der Waals surface area contributed by atoms with Gasteiger partial charge in [0, 0.05) is 35.6 Å². The zero-order valence-electron chi connectivity index (χ0n) is 19.4. The first-order valence-corrected chi connectivity index (χ1v) is 12.4. The number of imidazole rings is 1. The Morgan fingerprint density at radius 1 is 1.17 bits per heavy atom. The number of ether oxygens (including phenoxy) is 1. The second kappa shape index (κ2) is 10.5. The Morgan fingerprint density at radius 3 is 2.80 bits per heavy atom. The average Bonchev–Trinajstić information content (AvgIpc) is 3.46. The largest absolute Gasteiger partial charge is 0.497 e. The molecule has 1 amide bonds. The van der Waals surface area contributed by atoms with Crippen molar-refractivity contribution < 1.29 is 13.9 Å². The van der Waals surface area contributed by atoms with Crippen LogP contribution in [0, 0.1) is 5.82 Å². The average molecular weight is 491 g/mol. The Morgan fingerprint density at radius 2 is 2.03 bits per heavy atom. The third kappa shape index (κ3) is 5.66. The number of rotatable bonds is 8. The zero-order valence-corrected chi connectivity index (χ0v) is 20.2. The van der Waals surface area contributed by atoms with Crippen LogP contribution in [0.2, 0.25) is 0 Å². The van der Waals surface area contributed by atoms with Crippen LogP contribution in [0.4, 0.5) is 4.39 Å². The van der Waals surface area contributed by atoms with Gasteiger partial charge >= 0.3 is 0 Å². The summed E-state index contributed by atoms with van der Waals surface area (Å²) in [6.45, 7) is 1.62. The fourth-order valence-corrected chi connectivity index (χ4v) is 5.70. The van der Waals surface area contributed by atoms with E-state index in [4.69, 9.17) is 4.74 Å². The summed E-state index contributed by atoms with van der Waals surface area (Å²) in [6, 6.07) is 20.1. The molecule has 35 heavy (non-hydrogen) atoms. The van der Waals surface area contributed by atoms with Crippen molar-refractivity contribution in [1.29, 1.82) is 0 Å². The second-order valence-corrected chi connectivity index (χ2v) is 10.0. The van der Waals surface area contributed by atoms with Crippen LogP contribution >= 0.6 is 11.8 Å². The van der Waals surface area contributed by atoms with Crippen molar-refractivity contribution in [3.05, 3.63) is 96.2 Å². The predicted molar refractivity (Wildman–Crippen MR) is 135 cm³/mol. The van der Waals surface area contributed by atoms with Crippen LogP contribution < -0.4 is 10.1 Å². The number of thioether (sulfide) groups is 1. The SMILES string of the molecule is COc1ccc(S[C@@H]2C[C@@H](C(=O)NCc3cn4ccccc4n3)N(Cc3cccc(F)c3)C2)cc1. The molecule has 1 fully saturated rings. The molecule has 5 rings (SSSR count). The second-order valence-electron chi connectivity index (χ2n) is 8.64. The van der Waals surface area contributed by atoms with Crippen LogP contribution in [0.15, 0.2) is 84.0 Å². The number of benzene rings is 2. The summed E-state index contributed by atoms with van der Waals surface area (Å²) in [5.41, 5.74) is 2.52. The highest BCUT2D eigenvalue weighted by Gasteiger charge is 2.37. The number of halogens is 1. The van der Waals surface area contributed by atoms with E-state index < -0.39 is 0 Å². The Kier molecular flexibility index (Phi) is 7.01. The molecule has 4 aromatic rings. The van der Waals surface area contributed by atoms with Crippen molar-refractivity contribution in [2.24, 2.45) is 0 Å². The van der Waals surface area contributed by atoms with E-state index >= 15 is 0 Å². The van der Waals surface area contributed by atoms with Gasteiger partial charge in [0.2, 0.25) is 5.91 Å². The van der Waals surface area contributed by atoms with Crippen LogP contribution in [0.5, 0.6) is 5.75 Å². The van der Waals surface area contributed by atoms with Gasteiger partial charge in [0.1, 0.15) is 17.2 Å². The van der Waals surface area contributed by atoms with E-state index in [-0.39, 0.29) is 23.0 Å².